The first-order chi connectivity index (χ1) is 8.36. The molecule has 1 N–H and O–H groups in total. The van der Waals surface area contributed by atoms with Crippen LogP contribution in [-0.4, -0.2) is 62.0 Å². The number of carbonyl (C=O) groups excluding carboxylic acids is 1. The van der Waals surface area contributed by atoms with E-state index in [9.17, 15) is 4.79 Å². The molecule has 0 saturated carbocycles. The van der Waals surface area contributed by atoms with E-state index in [-0.39, 0.29) is 5.91 Å². The van der Waals surface area contributed by atoms with E-state index in [0.717, 1.165) is 26.1 Å². The monoisotopic (exact) mass is 257 g/mol. The van der Waals surface area contributed by atoms with Crippen molar-refractivity contribution in [3.8, 4) is 0 Å². The molecule has 1 amide bonds. The zero-order chi connectivity index (χ0) is 14.1. The minimum Gasteiger partial charge on any atom is -0.340 e. The van der Waals surface area contributed by atoms with Crippen LogP contribution < -0.4 is 5.32 Å². The number of hydrogen-bond donors (Lipinski definition) is 1. The van der Waals surface area contributed by atoms with Gasteiger partial charge in [-0.25, -0.2) is 0 Å². The summed E-state index contributed by atoms with van der Waals surface area (Å²) in [5.41, 5.74) is 0. The van der Waals surface area contributed by atoms with E-state index >= 15 is 0 Å². The lowest BCUT2D eigenvalue weighted by molar-refractivity contribution is -0.131. The molecule has 0 aliphatic rings. The normalized spacial score (nSPS) is 13.1. The van der Waals surface area contributed by atoms with Gasteiger partial charge in [-0.2, -0.15) is 0 Å². The summed E-state index contributed by atoms with van der Waals surface area (Å²) in [6.07, 6.45) is 1.05. The first-order valence-corrected chi connectivity index (χ1v) is 7.02. The molecule has 18 heavy (non-hydrogen) atoms. The zero-order valence-electron chi connectivity index (χ0n) is 13.0. The molecule has 0 bridgehead atoms. The average molecular weight is 257 g/mol. The quantitative estimate of drug-likeness (QED) is 0.678. The standard InChI is InChI=1S/C14H31N3O/c1-7-13(4)15-10-14(18)17(11-12(2)3)9-8-16(5)6/h12-13,15H,7-11H2,1-6H3. The Bertz CT molecular complexity index is 229. The van der Waals surface area contributed by atoms with Crippen molar-refractivity contribution in [3.63, 3.8) is 0 Å². The topological polar surface area (TPSA) is 35.6 Å². The fourth-order valence-corrected chi connectivity index (χ4v) is 1.60. The maximum absolute atomic E-state index is 12.2. The van der Waals surface area contributed by atoms with Crippen LogP contribution >= 0.6 is 0 Å². The van der Waals surface area contributed by atoms with Crippen molar-refractivity contribution in [1.29, 1.82) is 0 Å². The molecule has 108 valence electrons. The van der Waals surface area contributed by atoms with Crippen molar-refractivity contribution in [2.24, 2.45) is 5.92 Å². The van der Waals surface area contributed by atoms with Gasteiger partial charge < -0.3 is 15.1 Å². The van der Waals surface area contributed by atoms with Crippen LogP contribution in [0.5, 0.6) is 0 Å². The molecule has 1 unspecified atom stereocenters. The highest BCUT2D eigenvalue weighted by molar-refractivity contribution is 5.78. The number of likely N-dealkylation sites (N-methyl/N-ethyl adjacent to an activating group) is 1. The van der Waals surface area contributed by atoms with Gasteiger partial charge in [0.2, 0.25) is 5.91 Å². The van der Waals surface area contributed by atoms with E-state index < -0.39 is 0 Å². The summed E-state index contributed by atoms with van der Waals surface area (Å²) in [6.45, 7) is 11.6. The summed E-state index contributed by atoms with van der Waals surface area (Å²) in [5.74, 6) is 0.727. The van der Waals surface area contributed by atoms with Crippen LogP contribution in [0.4, 0.5) is 0 Å². The van der Waals surface area contributed by atoms with Gasteiger partial charge in [0.1, 0.15) is 0 Å². The lowest BCUT2D eigenvalue weighted by Crippen LogP contribution is -2.44. The summed E-state index contributed by atoms with van der Waals surface area (Å²) in [5, 5.41) is 3.27. The van der Waals surface area contributed by atoms with Gasteiger partial charge in [-0.1, -0.05) is 20.8 Å². The number of nitrogens with zero attached hydrogens (tertiary/aromatic N) is 2. The number of amides is 1. The van der Waals surface area contributed by atoms with Crippen LogP contribution in [-0.2, 0) is 4.79 Å². The molecule has 0 aliphatic carbocycles. The molecule has 0 aromatic heterocycles. The van der Waals surface area contributed by atoms with Crippen LogP contribution in [0.25, 0.3) is 0 Å². The Morgan fingerprint density at radius 1 is 1.17 bits per heavy atom. The maximum Gasteiger partial charge on any atom is 0.236 e. The SMILES string of the molecule is CCC(C)NCC(=O)N(CCN(C)C)CC(C)C. The zero-order valence-corrected chi connectivity index (χ0v) is 13.0. The lowest BCUT2D eigenvalue weighted by Gasteiger charge is -2.27. The largest absolute Gasteiger partial charge is 0.340 e. The van der Waals surface area contributed by atoms with Gasteiger partial charge in [0.25, 0.3) is 0 Å². The van der Waals surface area contributed by atoms with Crippen molar-refractivity contribution < 1.29 is 4.79 Å². The minimum absolute atomic E-state index is 0.214. The Labute approximate surface area is 113 Å². The van der Waals surface area contributed by atoms with E-state index in [1.807, 2.05) is 19.0 Å². The molecule has 0 rings (SSSR count). The predicted molar refractivity (Wildman–Crippen MR) is 77.7 cm³/mol. The van der Waals surface area contributed by atoms with E-state index in [2.05, 4.69) is 37.9 Å². The second kappa shape index (κ2) is 9.34. The average Bonchev–Trinajstić information content (AvgIpc) is 2.30. The lowest BCUT2D eigenvalue weighted by atomic mass is 10.2. The molecule has 0 heterocycles. The van der Waals surface area contributed by atoms with Crippen molar-refractivity contribution in [2.45, 2.75) is 40.2 Å². The number of nitrogens with one attached hydrogen (secondary N) is 1. The highest BCUT2D eigenvalue weighted by atomic mass is 16.2. The Morgan fingerprint density at radius 3 is 2.22 bits per heavy atom. The maximum atomic E-state index is 12.2. The highest BCUT2D eigenvalue weighted by Crippen LogP contribution is 2.00. The second-order valence-corrected chi connectivity index (χ2v) is 5.73. The molecule has 0 fully saturated rings. The number of rotatable bonds is 9. The predicted octanol–water partition coefficient (Wildman–Crippen LogP) is 1.42. The van der Waals surface area contributed by atoms with Crippen LogP contribution in [0.3, 0.4) is 0 Å². The Morgan fingerprint density at radius 2 is 1.78 bits per heavy atom. The Kier molecular flexibility index (Phi) is 9.02. The summed E-state index contributed by atoms with van der Waals surface area (Å²) in [6, 6.07) is 0.406. The van der Waals surface area contributed by atoms with E-state index in [1.54, 1.807) is 0 Å². The van der Waals surface area contributed by atoms with Gasteiger partial charge in [-0.05, 0) is 33.4 Å². The van der Waals surface area contributed by atoms with E-state index in [4.69, 9.17) is 0 Å². The number of carbonyl (C=O) groups is 1. The molecule has 0 radical (unpaired) electrons. The third-order valence-electron chi connectivity index (χ3n) is 2.97. The van der Waals surface area contributed by atoms with Gasteiger partial charge in [0.15, 0.2) is 0 Å². The summed E-state index contributed by atoms with van der Waals surface area (Å²) < 4.78 is 0. The van der Waals surface area contributed by atoms with Gasteiger partial charge in [0.05, 0.1) is 6.54 Å². The molecule has 0 aliphatic heterocycles. The molecule has 4 heteroatoms. The summed E-state index contributed by atoms with van der Waals surface area (Å²) in [7, 11) is 4.07. The minimum atomic E-state index is 0.214. The van der Waals surface area contributed by atoms with Crippen LogP contribution in [0.15, 0.2) is 0 Å². The van der Waals surface area contributed by atoms with Gasteiger partial charge >= 0.3 is 0 Å². The second-order valence-electron chi connectivity index (χ2n) is 5.73. The molecule has 4 nitrogen and oxygen atoms in total. The third kappa shape index (κ3) is 8.48. The van der Waals surface area contributed by atoms with Crippen molar-refractivity contribution >= 4 is 5.91 Å². The fraction of sp³-hybridized carbons (Fsp3) is 0.929. The molecular formula is C14H31N3O. The fourth-order valence-electron chi connectivity index (χ4n) is 1.60. The molecule has 0 aromatic rings. The third-order valence-corrected chi connectivity index (χ3v) is 2.97. The first-order valence-electron chi connectivity index (χ1n) is 7.02. The summed E-state index contributed by atoms with van der Waals surface area (Å²) in [4.78, 5) is 16.2. The molecule has 1 atom stereocenters. The van der Waals surface area contributed by atoms with Gasteiger partial charge in [0, 0.05) is 25.7 Å². The van der Waals surface area contributed by atoms with E-state index in [0.29, 0.717) is 18.5 Å². The first kappa shape index (κ1) is 17.4. The summed E-state index contributed by atoms with van der Waals surface area (Å²) >= 11 is 0. The van der Waals surface area contributed by atoms with Crippen LogP contribution in [0, 0.1) is 5.92 Å². The van der Waals surface area contributed by atoms with Crippen molar-refractivity contribution in [1.82, 2.24) is 15.1 Å². The Balaban J connectivity index is 4.21. The van der Waals surface area contributed by atoms with Gasteiger partial charge in [-0.3, -0.25) is 4.79 Å². The van der Waals surface area contributed by atoms with Crippen LogP contribution in [0.2, 0.25) is 0 Å². The Hall–Kier alpha value is -0.610. The molecule has 0 aromatic carbocycles. The van der Waals surface area contributed by atoms with Crippen molar-refractivity contribution in [3.05, 3.63) is 0 Å². The highest BCUT2D eigenvalue weighted by Gasteiger charge is 2.15. The van der Waals surface area contributed by atoms with Crippen LogP contribution in [0.1, 0.15) is 34.1 Å². The molecule has 0 saturated heterocycles. The van der Waals surface area contributed by atoms with Crippen molar-refractivity contribution in [2.75, 3.05) is 40.3 Å². The van der Waals surface area contributed by atoms with E-state index in [1.165, 1.54) is 0 Å². The van der Waals surface area contributed by atoms with Gasteiger partial charge in [-0.15, -0.1) is 0 Å². The smallest absolute Gasteiger partial charge is 0.236 e. The molecule has 0 spiro atoms. The number of hydrogen-bond acceptors (Lipinski definition) is 3. The molecular weight excluding hydrogens is 226 g/mol.